The van der Waals surface area contributed by atoms with Gasteiger partial charge < -0.3 is 20.3 Å². The molecular formula is C54H105NO5. The van der Waals surface area contributed by atoms with Crippen LogP contribution in [-0.4, -0.2) is 46.9 Å². The van der Waals surface area contributed by atoms with Crippen molar-refractivity contribution in [3.05, 3.63) is 12.2 Å². The number of carbonyl (C=O) groups excluding carboxylic acids is 2. The van der Waals surface area contributed by atoms with E-state index in [4.69, 9.17) is 4.74 Å². The highest BCUT2D eigenvalue weighted by Gasteiger charge is 2.24. The largest absolute Gasteiger partial charge is 0.462 e. The summed E-state index contributed by atoms with van der Waals surface area (Å²) < 4.78 is 5.94. The molecule has 3 atom stereocenters. The molecule has 0 aliphatic carbocycles. The molecule has 0 aliphatic heterocycles. The molecule has 3 N–H and O–H groups in total. The summed E-state index contributed by atoms with van der Waals surface area (Å²) in [5, 5.41) is 23.8. The summed E-state index contributed by atoms with van der Waals surface area (Å²) in [4.78, 5) is 26.1. The van der Waals surface area contributed by atoms with Crippen molar-refractivity contribution in [1.82, 2.24) is 5.32 Å². The van der Waals surface area contributed by atoms with E-state index >= 15 is 0 Å². The van der Waals surface area contributed by atoms with E-state index in [1.807, 2.05) is 0 Å². The lowest BCUT2D eigenvalue weighted by Crippen LogP contribution is -2.46. The number of unbranched alkanes of at least 4 members (excludes halogenated alkanes) is 35. The van der Waals surface area contributed by atoms with E-state index in [1.165, 1.54) is 199 Å². The number of esters is 1. The average Bonchev–Trinajstić information content (AvgIpc) is 3.24. The molecule has 0 fully saturated rings. The van der Waals surface area contributed by atoms with Crippen LogP contribution in [0.5, 0.6) is 0 Å². The molecule has 356 valence electrons. The molecule has 0 saturated heterocycles. The van der Waals surface area contributed by atoms with Crippen LogP contribution in [0.15, 0.2) is 12.2 Å². The fourth-order valence-electron chi connectivity index (χ4n) is 8.47. The van der Waals surface area contributed by atoms with Gasteiger partial charge in [0.2, 0.25) is 5.91 Å². The molecule has 0 saturated carbocycles. The first kappa shape index (κ1) is 58.6. The second-order valence-corrected chi connectivity index (χ2v) is 18.6. The minimum Gasteiger partial charge on any atom is -0.462 e. The van der Waals surface area contributed by atoms with Crippen molar-refractivity contribution in [1.29, 1.82) is 0 Å². The molecule has 0 radical (unpaired) electrons. The molecule has 6 nitrogen and oxygen atoms in total. The van der Waals surface area contributed by atoms with Crippen LogP contribution in [0.4, 0.5) is 0 Å². The Morgan fingerprint density at radius 2 is 0.817 bits per heavy atom. The number of aliphatic hydroxyl groups is 2. The molecule has 3 unspecified atom stereocenters. The molecule has 0 aromatic rings. The smallest absolute Gasteiger partial charge is 0.306 e. The highest BCUT2D eigenvalue weighted by atomic mass is 16.5. The van der Waals surface area contributed by atoms with Crippen molar-refractivity contribution in [2.24, 2.45) is 0 Å². The molecule has 0 aromatic carbocycles. The van der Waals surface area contributed by atoms with Gasteiger partial charge in [-0.05, 0) is 44.9 Å². The van der Waals surface area contributed by atoms with Gasteiger partial charge in [0.15, 0.2) is 0 Å². The lowest BCUT2D eigenvalue weighted by molar-refractivity contribution is -0.151. The van der Waals surface area contributed by atoms with E-state index in [0.29, 0.717) is 19.3 Å². The maximum absolute atomic E-state index is 13.2. The number of rotatable bonds is 49. The molecule has 0 spiro atoms. The van der Waals surface area contributed by atoms with Crippen molar-refractivity contribution in [3.63, 3.8) is 0 Å². The van der Waals surface area contributed by atoms with Crippen molar-refractivity contribution >= 4 is 11.9 Å². The van der Waals surface area contributed by atoms with Crippen molar-refractivity contribution in [2.45, 2.75) is 315 Å². The van der Waals surface area contributed by atoms with Gasteiger partial charge in [-0.3, -0.25) is 9.59 Å². The topological polar surface area (TPSA) is 95.9 Å². The van der Waals surface area contributed by atoms with Gasteiger partial charge in [-0.15, -0.1) is 0 Å². The van der Waals surface area contributed by atoms with Crippen LogP contribution in [0.2, 0.25) is 0 Å². The van der Waals surface area contributed by atoms with Gasteiger partial charge in [-0.1, -0.05) is 251 Å². The third kappa shape index (κ3) is 43.3. The summed E-state index contributed by atoms with van der Waals surface area (Å²) in [5.74, 6) is -0.466. The highest BCUT2D eigenvalue weighted by molar-refractivity contribution is 5.77. The fourth-order valence-corrected chi connectivity index (χ4v) is 8.47. The maximum atomic E-state index is 13.2. The van der Waals surface area contributed by atoms with Gasteiger partial charge in [0.25, 0.3) is 0 Å². The molecule has 1 amide bonds. The van der Waals surface area contributed by atoms with Crippen LogP contribution >= 0.6 is 0 Å². The third-order valence-electron chi connectivity index (χ3n) is 12.6. The van der Waals surface area contributed by atoms with E-state index in [9.17, 15) is 19.8 Å². The molecule has 0 aromatic heterocycles. The van der Waals surface area contributed by atoms with E-state index in [1.54, 1.807) is 0 Å². The molecule has 0 bridgehead atoms. The number of hydrogen-bond acceptors (Lipinski definition) is 5. The Kier molecular flexibility index (Phi) is 47.5. The quantitative estimate of drug-likeness (QED) is 0.0322. The minimum atomic E-state index is -0.783. The maximum Gasteiger partial charge on any atom is 0.306 e. The number of amides is 1. The van der Waals surface area contributed by atoms with Crippen molar-refractivity contribution in [2.75, 3.05) is 6.61 Å². The van der Waals surface area contributed by atoms with Gasteiger partial charge in [0.1, 0.15) is 6.10 Å². The lowest BCUT2D eigenvalue weighted by atomic mass is 10.0. The zero-order valence-electron chi connectivity index (χ0n) is 40.6. The number of allylic oxidation sites excluding steroid dienone is 2. The monoisotopic (exact) mass is 848 g/mol. The minimum absolute atomic E-state index is 0.0817. The molecule has 0 rings (SSSR count). The van der Waals surface area contributed by atoms with Gasteiger partial charge in [-0.2, -0.15) is 0 Å². The van der Waals surface area contributed by atoms with E-state index in [0.717, 1.165) is 51.4 Å². The first-order chi connectivity index (χ1) is 29.5. The molecular weight excluding hydrogens is 743 g/mol. The molecule has 0 aliphatic rings. The SMILES string of the molecule is CCCC/C=C\CCCCCCCC(=O)OC(CCCCCCCCCCCCCCCCCC)CC(=O)NC(CO)C(O)CCCCCCCCCCCCCCCC. The Morgan fingerprint density at radius 3 is 1.23 bits per heavy atom. The Morgan fingerprint density at radius 1 is 0.467 bits per heavy atom. The van der Waals surface area contributed by atoms with Crippen LogP contribution in [0, 0.1) is 0 Å². The number of carbonyl (C=O) groups is 2. The Hall–Kier alpha value is -1.40. The zero-order valence-corrected chi connectivity index (χ0v) is 40.6. The highest BCUT2D eigenvalue weighted by Crippen LogP contribution is 2.19. The van der Waals surface area contributed by atoms with Crippen LogP contribution in [-0.2, 0) is 14.3 Å². The normalized spacial score (nSPS) is 13.2. The second kappa shape index (κ2) is 48.6. The van der Waals surface area contributed by atoms with E-state index in [2.05, 4.69) is 38.2 Å². The first-order valence-corrected chi connectivity index (χ1v) is 26.9. The summed E-state index contributed by atoms with van der Waals surface area (Å²) in [5.41, 5.74) is 0. The predicted molar refractivity (Wildman–Crippen MR) is 260 cm³/mol. The summed E-state index contributed by atoms with van der Waals surface area (Å²) in [7, 11) is 0. The summed E-state index contributed by atoms with van der Waals surface area (Å²) >= 11 is 0. The summed E-state index contributed by atoms with van der Waals surface area (Å²) in [6, 6.07) is -0.696. The number of nitrogens with one attached hydrogen (secondary N) is 1. The first-order valence-electron chi connectivity index (χ1n) is 26.9. The fraction of sp³-hybridized carbons (Fsp3) is 0.926. The Bertz CT molecular complexity index is 909. The second-order valence-electron chi connectivity index (χ2n) is 18.6. The van der Waals surface area contributed by atoms with Crippen LogP contribution in [0.1, 0.15) is 297 Å². The summed E-state index contributed by atoms with van der Waals surface area (Å²) in [6.45, 7) is 6.48. The molecule has 0 heterocycles. The zero-order chi connectivity index (χ0) is 43.8. The Balaban J connectivity index is 4.51. The van der Waals surface area contributed by atoms with Gasteiger partial charge in [0.05, 0.1) is 25.2 Å². The van der Waals surface area contributed by atoms with Gasteiger partial charge in [-0.25, -0.2) is 0 Å². The van der Waals surface area contributed by atoms with Crippen LogP contribution < -0.4 is 5.32 Å². The number of aliphatic hydroxyl groups excluding tert-OH is 2. The van der Waals surface area contributed by atoms with Crippen molar-refractivity contribution in [3.8, 4) is 0 Å². The number of hydrogen-bond donors (Lipinski definition) is 3. The van der Waals surface area contributed by atoms with Gasteiger partial charge in [0, 0.05) is 6.42 Å². The van der Waals surface area contributed by atoms with E-state index < -0.39 is 18.2 Å². The van der Waals surface area contributed by atoms with Gasteiger partial charge >= 0.3 is 5.97 Å². The molecule has 60 heavy (non-hydrogen) atoms. The Labute approximate surface area is 374 Å². The molecule has 6 heteroatoms. The van der Waals surface area contributed by atoms with E-state index in [-0.39, 0.29) is 24.9 Å². The average molecular weight is 848 g/mol. The lowest BCUT2D eigenvalue weighted by Gasteiger charge is -2.24. The number of ether oxygens (including phenoxy) is 1. The van der Waals surface area contributed by atoms with Crippen molar-refractivity contribution < 1.29 is 24.5 Å². The predicted octanol–water partition coefficient (Wildman–Crippen LogP) is 16.1. The third-order valence-corrected chi connectivity index (χ3v) is 12.6. The van der Waals surface area contributed by atoms with Crippen LogP contribution in [0.25, 0.3) is 0 Å². The van der Waals surface area contributed by atoms with Crippen LogP contribution in [0.3, 0.4) is 0 Å². The summed E-state index contributed by atoms with van der Waals surface area (Å²) in [6.07, 6.45) is 54.1. The standard InChI is InChI=1S/C54H105NO5/c1-4-7-10-13-16-19-22-24-26-27-28-31-33-36-39-42-45-50(60-54(59)47-44-41-38-35-30-21-18-15-12-9-6-3)48-53(58)55-51(49-56)52(57)46-43-40-37-34-32-29-25-23-20-17-14-11-8-5-2/h15,18,50-52,56-57H,4-14,16-17,19-49H2,1-3H3,(H,55,58)/b18-15-.